The van der Waals surface area contributed by atoms with Gasteiger partial charge in [0.2, 0.25) is 0 Å². The lowest BCUT2D eigenvalue weighted by molar-refractivity contribution is 0.103. The van der Waals surface area contributed by atoms with Crippen LogP contribution in [-0.2, 0) is 0 Å². The van der Waals surface area contributed by atoms with Crippen LogP contribution in [0.1, 0.15) is 9.67 Å². The number of rotatable bonds is 2. The highest BCUT2D eigenvalue weighted by Crippen LogP contribution is 2.23. The first-order valence-corrected chi connectivity index (χ1v) is 5.63. The van der Waals surface area contributed by atoms with E-state index in [1.165, 1.54) is 11.3 Å². The molecule has 82 valence electrons. The van der Waals surface area contributed by atoms with Crippen LogP contribution >= 0.6 is 22.9 Å². The summed E-state index contributed by atoms with van der Waals surface area (Å²) >= 11 is 6.94. The van der Waals surface area contributed by atoms with E-state index in [1.54, 1.807) is 30.5 Å². The third-order valence-corrected chi connectivity index (χ3v) is 3.10. The van der Waals surface area contributed by atoms with E-state index in [2.05, 4.69) is 10.3 Å². The highest BCUT2D eigenvalue weighted by molar-refractivity contribution is 7.18. The number of carbonyl (C=O) groups excluding carboxylic acids is 1. The summed E-state index contributed by atoms with van der Waals surface area (Å²) in [5.41, 5.74) is 6.08. The maximum Gasteiger partial charge on any atom is 0.266 e. The number of halogens is 1. The molecular weight excluding hydrogens is 246 g/mol. The van der Waals surface area contributed by atoms with Gasteiger partial charge in [-0.3, -0.25) is 4.79 Å². The van der Waals surface area contributed by atoms with Crippen LogP contribution in [0.5, 0.6) is 0 Å². The van der Waals surface area contributed by atoms with Crippen molar-refractivity contribution in [2.75, 3.05) is 11.1 Å². The topological polar surface area (TPSA) is 68.0 Å². The van der Waals surface area contributed by atoms with Crippen LogP contribution < -0.4 is 11.1 Å². The molecule has 16 heavy (non-hydrogen) atoms. The Kier molecular flexibility index (Phi) is 3.07. The molecule has 1 amide bonds. The molecule has 0 bridgehead atoms. The van der Waals surface area contributed by atoms with E-state index in [0.717, 1.165) is 0 Å². The third-order valence-electron chi connectivity index (χ3n) is 1.87. The number of thiophene rings is 1. The number of carbonyl (C=O) groups is 1. The molecule has 2 aromatic heterocycles. The number of amides is 1. The quantitative estimate of drug-likeness (QED) is 0.865. The molecule has 0 aliphatic carbocycles. The number of anilines is 2. The lowest BCUT2D eigenvalue weighted by Crippen LogP contribution is -2.12. The van der Waals surface area contributed by atoms with Gasteiger partial charge in [-0.2, -0.15) is 0 Å². The van der Waals surface area contributed by atoms with E-state index >= 15 is 0 Å². The van der Waals surface area contributed by atoms with Crippen LogP contribution in [0.2, 0.25) is 4.34 Å². The van der Waals surface area contributed by atoms with Crippen LogP contribution in [0.3, 0.4) is 0 Å². The molecular formula is C10H8ClN3OS. The Balaban J connectivity index is 2.17. The highest BCUT2D eigenvalue weighted by atomic mass is 35.5. The Bertz CT molecular complexity index is 526. The predicted molar refractivity (Wildman–Crippen MR) is 65.9 cm³/mol. The number of nitrogens with two attached hydrogens (primary N) is 1. The van der Waals surface area contributed by atoms with E-state index in [4.69, 9.17) is 17.3 Å². The molecule has 0 spiro atoms. The minimum Gasteiger partial charge on any atom is -0.396 e. The molecule has 2 rings (SSSR count). The number of nitrogen functional groups attached to an aromatic ring is 1. The second kappa shape index (κ2) is 4.51. The lowest BCUT2D eigenvalue weighted by atomic mass is 10.4. The molecule has 0 fully saturated rings. The van der Waals surface area contributed by atoms with Crippen molar-refractivity contribution in [1.82, 2.24) is 4.98 Å². The van der Waals surface area contributed by atoms with Crippen molar-refractivity contribution in [3.05, 3.63) is 39.7 Å². The Morgan fingerprint density at radius 2 is 2.25 bits per heavy atom. The van der Waals surface area contributed by atoms with Gasteiger partial charge in [0, 0.05) is 6.20 Å². The van der Waals surface area contributed by atoms with Gasteiger partial charge in [-0.25, -0.2) is 4.98 Å². The van der Waals surface area contributed by atoms with Gasteiger partial charge in [0.1, 0.15) is 0 Å². The summed E-state index contributed by atoms with van der Waals surface area (Å²) in [6, 6.07) is 6.70. The Hall–Kier alpha value is -1.59. The molecule has 0 saturated carbocycles. The third kappa shape index (κ3) is 2.32. The second-order valence-corrected chi connectivity index (χ2v) is 4.71. The van der Waals surface area contributed by atoms with Crippen LogP contribution in [0.15, 0.2) is 30.5 Å². The van der Waals surface area contributed by atoms with Crippen molar-refractivity contribution in [1.29, 1.82) is 0 Å². The van der Waals surface area contributed by atoms with E-state index in [-0.39, 0.29) is 5.91 Å². The van der Waals surface area contributed by atoms with Crippen molar-refractivity contribution in [3.8, 4) is 0 Å². The highest BCUT2D eigenvalue weighted by Gasteiger charge is 2.10. The fraction of sp³-hybridized carbons (Fsp3) is 0. The number of nitrogens with zero attached hydrogens (tertiary/aromatic N) is 1. The van der Waals surface area contributed by atoms with E-state index in [1.807, 2.05) is 0 Å². The van der Waals surface area contributed by atoms with Crippen LogP contribution in [-0.4, -0.2) is 10.9 Å². The zero-order valence-corrected chi connectivity index (χ0v) is 9.68. The fourth-order valence-corrected chi connectivity index (χ4v) is 2.07. The average molecular weight is 254 g/mol. The molecule has 4 nitrogen and oxygen atoms in total. The van der Waals surface area contributed by atoms with E-state index in [9.17, 15) is 4.79 Å². The number of hydrogen-bond donors (Lipinski definition) is 2. The van der Waals surface area contributed by atoms with Gasteiger partial charge < -0.3 is 11.1 Å². The minimum absolute atomic E-state index is 0.262. The monoisotopic (exact) mass is 253 g/mol. The molecule has 0 radical (unpaired) electrons. The first-order chi connectivity index (χ1) is 7.66. The summed E-state index contributed by atoms with van der Waals surface area (Å²) in [6.07, 6.45) is 1.56. The number of hydrogen-bond acceptors (Lipinski definition) is 4. The molecule has 0 unspecified atom stereocenters. The van der Waals surface area contributed by atoms with Crippen molar-refractivity contribution in [2.45, 2.75) is 0 Å². The summed E-state index contributed by atoms with van der Waals surface area (Å²) in [7, 11) is 0. The maximum absolute atomic E-state index is 11.7. The Morgan fingerprint density at radius 3 is 2.88 bits per heavy atom. The van der Waals surface area contributed by atoms with E-state index in [0.29, 0.717) is 20.7 Å². The van der Waals surface area contributed by atoms with Crippen molar-refractivity contribution >= 4 is 40.4 Å². The first kappa shape index (κ1) is 10.9. The molecule has 2 heterocycles. The van der Waals surface area contributed by atoms with Crippen molar-refractivity contribution in [3.63, 3.8) is 0 Å². The van der Waals surface area contributed by atoms with Crippen LogP contribution in [0.4, 0.5) is 11.5 Å². The molecule has 6 heteroatoms. The largest absolute Gasteiger partial charge is 0.396 e. The van der Waals surface area contributed by atoms with Crippen LogP contribution in [0.25, 0.3) is 0 Å². The van der Waals surface area contributed by atoms with Gasteiger partial charge >= 0.3 is 0 Å². The molecule has 0 atom stereocenters. The Labute approximate surface area is 101 Å². The molecule has 0 saturated heterocycles. The maximum atomic E-state index is 11.7. The summed E-state index contributed by atoms with van der Waals surface area (Å²) in [4.78, 5) is 16.2. The fourth-order valence-electron chi connectivity index (χ4n) is 1.13. The second-order valence-electron chi connectivity index (χ2n) is 3.00. The zero-order valence-electron chi connectivity index (χ0n) is 8.11. The first-order valence-electron chi connectivity index (χ1n) is 4.44. The smallest absolute Gasteiger partial charge is 0.266 e. The minimum atomic E-state index is -0.262. The molecule has 0 aliphatic rings. The summed E-state index contributed by atoms with van der Waals surface area (Å²) < 4.78 is 0.569. The van der Waals surface area contributed by atoms with Crippen molar-refractivity contribution < 1.29 is 4.79 Å². The number of pyridine rings is 1. The van der Waals surface area contributed by atoms with Gasteiger partial charge in [0.15, 0.2) is 5.82 Å². The lowest BCUT2D eigenvalue weighted by Gasteiger charge is -2.04. The van der Waals surface area contributed by atoms with Gasteiger partial charge in [0.05, 0.1) is 14.9 Å². The number of aromatic nitrogens is 1. The summed E-state index contributed by atoms with van der Waals surface area (Å²) in [5, 5.41) is 2.62. The zero-order chi connectivity index (χ0) is 11.5. The summed E-state index contributed by atoms with van der Waals surface area (Å²) in [6.45, 7) is 0. The SMILES string of the molecule is Nc1cccnc1NC(=O)c1ccc(Cl)s1. The molecule has 0 aromatic carbocycles. The number of nitrogens with one attached hydrogen (secondary N) is 1. The predicted octanol–water partition coefficient (Wildman–Crippen LogP) is 2.63. The standard InChI is InChI=1S/C10H8ClN3OS/c11-8-4-3-7(16-8)10(15)14-9-6(12)2-1-5-13-9/h1-5H,12H2,(H,13,14,15). The van der Waals surface area contributed by atoms with Gasteiger partial charge in [-0.05, 0) is 24.3 Å². The van der Waals surface area contributed by atoms with Gasteiger partial charge in [0.25, 0.3) is 5.91 Å². The average Bonchev–Trinajstić information content (AvgIpc) is 2.68. The van der Waals surface area contributed by atoms with E-state index < -0.39 is 0 Å². The van der Waals surface area contributed by atoms with Crippen LogP contribution in [0, 0.1) is 0 Å². The van der Waals surface area contributed by atoms with Gasteiger partial charge in [-0.1, -0.05) is 11.6 Å². The summed E-state index contributed by atoms with van der Waals surface area (Å²) in [5.74, 6) is 0.0966. The normalized spacial score (nSPS) is 10.1. The Morgan fingerprint density at radius 1 is 1.44 bits per heavy atom. The van der Waals surface area contributed by atoms with Gasteiger partial charge in [-0.15, -0.1) is 11.3 Å². The van der Waals surface area contributed by atoms with Crippen molar-refractivity contribution in [2.24, 2.45) is 0 Å². The molecule has 2 aromatic rings. The molecule has 3 N–H and O–H groups in total. The molecule has 0 aliphatic heterocycles.